The summed E-state index contributed by atoms with van der Waals surface area (Å²) in [6, 6.07) is 21.4. The van der Waals surface area contributed by atoms with Gasteiger partial charge in [0.15, 0.2) is 0 Å². The summed E-state index contributed by atoms with van der Waals surface area (Å²) in [7, 11) is 0. The number of benzene rings is 3. The normalized spacial score (nSPS) is 13.3. The second kappa shape index (κ2) is 12.5. The molecule has 0 amide bonds. The van der Waals surface area contributed by atoms with Crippen LogP contribution in [-0.2, 0) is 25.9 Å². The number of hydrogen-bond acceptors (Lipinski definition) is 0. The zero-order valence-electron chi connectivity index (χ0n) is 22.5. The van der Waals surface area contributed by atoms with E-state index in [1.807, 2.05) is 0 Å². The molecule has 188 valence electrons. The third-order valence-corrected chi connectivity index (χ3v) is 7.90. The van der Waals surface area contributed by atoms with Crippen molar-refractivity contribution < 1.29 is 57.7 Å². The van der Waals surface area contributed by atoms with Crippen LogP contribution in [0.5, 0.6) is 0 Å². The van der Waals surface area contributed by atoms with Crippen LogP contribution >= 0.6 is 0 Å². The van der Waals surface area contributed by atoms with Crippen LogP contribution in [0.25, 0.3) is 0 Å². The molecule has 4 rings (SSSR count). The molecule has 3 aromatic carbocycles. The van der Waals surface area contributed by atoms with Crippen LogP contribution in [0.15, 0.2) is 75.2 Å². The first-order valence-corrected chi connectivity index (χ1v) is 12.7. The predicted molar refractivity (Wildman–Crippen MR) is 138 cm³/mol. The van der Waals surface area contributed by atoms with Crippen molar-refractivity contribution in [1.82, 2.24) is 0 Å². The van der Waals surface area contributed by atoms with Gasteiger partial charge in [-0.2, -0.15) is 0 Å². The smallest absolute Gasteiger partial charge is 1.00 e. The standard InChI is InChI=1S/C32H35.3ClH.Ti/c1-20-11-21(2)15-28(14-20)32(31-26(7)9-10-27(31)8,29-16-22(3)12-23(4)17-29)30-18-24(5)13-25(6)19-30;;;;/h11-19H,9H2,1-8H3;3*1H;/q;;;;+3/p-3. The van der Waals surface area contributed by atoms with E-state index in [2.05, 4.69) is 130 Å². The molecule has 0 heterocycles. The molecular weight excluding hydrogens is 539 g/mol. The SMILES string of the molecule is CC1=C(C(c2cc(C)cc(C)c2)(c2cc(C)cc(C)c2)c2cc(C)cc(C)c2)C(C)=[C]([Ti+3])C1.[Cl-].[Cl-].[Cl-]. The molecule has 0 bridgehead atoms. The number of rotatable bonds is 4. The summed E-state index contributed by atoms with van der Waals surface area (Å²) in [5.74, 6) is 0. The predicted octanol–water partition coefficient (Wildman–Crippen LogP) is -0.575. The molecule has 0 aliphatic heterocycles. The first-order valence-electron chi connectivity index (χ1n) is 11.9. The first kappa shape index (κ1) is 32.8. The molecule has 0 saturated carbocycles. The Morgan fingerprint density at radius 3 is 1.00 bits per heavy atom. The van der Waals surface area contributed by atoms with Crippen molar-refractivity contribution in [2.24, 2.45) is 0 Å². The quantitative estimate of drug-likeness (QED) is 0.290. The van der Waals surface area contributed by atoms with E-state index in [4.69, 9.17) is 0 Å². The number of halogens is 3. The molecule has 3 aromatic rings. The van der Waals surface area contributed by atoms with Crippen LogP contribution in [0.4, 0.5) is 0 Å². The van der Waals surface area contributed by atoms with E-state index in [-0.39, 0.29) is 42.6 Å². The number of aryl methyl sites for hydroxylation is 6. The fourth-order valence-corrected chi connectivity index (χ4v) is 6.67. The van der Waals surface area contributed by atoms with Gasteiger partial charge in [0.05, 0.1) is 0 Å². The topological polar surface area (TPSA) is 0 Å². The molecule has 1 aliphatic carbocycles. The summed E-state index contributed by atoms with van der Waals surface area (Å²) in [5.41, 5.74) is 16.1. The van der Waals surface area contributed by atoms with Gasteiger partial charge in [-0.25, -0.2) is 0 Å². The Balaban J connectivity index is 0.00000216. The molecule has 0 radical (unpaired) electrons. The molecule has 4 heteroatoms. The zero-order valence-corrected chi connectivity index (χ0v) is 26.4. The monoisotopic (exact) mass is 572 g/mol. The summed E-state index contributed by atoms with van der Waals surface area (Å²) < 4.78 is 1.49. The first-order chi connectivity index (χ1) is 15.5. The van der Waals surface area contributed by atoms with Gasteiger partial charge in [-0.15, -0.1) is 0 Å². The Morgan fingerprint density at radius 1 is 0.500 bits per heavy atom. The maximum Gasteiger partial charge on any atom is -1.00 e. The summed E-state index contributed by atoms with van der Waals surface area (Å²) in [6.45, 7) is 18.1. The summed E-state index contributed by atoms with van der Waals surface area (Å²) >= 11 is 2.31. The maximum absolute atomic E-state index is 2.42. The summed E-state index contributed by atoms with van der Waals surface area (Å²) in [6.07, 6.45) is 1.06. The molecule has 0 N–H and O–H groups in total. The van der Waals surface area contributed by atoms with Crippen molar-refractivity contribution in [3.05, 3.63) is 125 Å². The molecule has 0 fully saturated rings. The Hall–Kier alpha value is -1.28. The van der Waals surface area contributed by atoms with Gasteiger partial charge in [-0.05, 0) is 0 Å². The van der Waals surface area contributed by atoms with Gasteiger partial charge in [0.25, 0.3) is 0 Å². The molecular formula is C32H35Cl3Ti. The third kappa shape index (κ3) is 5.90. The van der Waals surface area contributed by atoms with E-state index in [0.29, 0.717) is 0 Å². The van der Waals surface area contributed by atoms with Gasteiger partial charge >= 0.3 is 213 Å². The minimum atomic E-state index is -0.351. The average Bonchev–Trinajstić information content (AvgIpc) is 2.93. The second-order valence-electron chi connectivity index (χ2n) is 10.3. The van der Waals surface area contributed by atoms with Crippen molar-refractivity contribution in [1.29, 1.82) is 0 Å². The molecule has 0 saturated heterocycles. The van der Waals surface area contributed by atoms with Crippen LogP contribution in [0, 0.1) is 41.5 Å². The Kier molecular flexibility index (Phi) is 11.4. The molecule has 0 unspecified atom stereocenters. The number of hydrogen-bond donors (Lipinski definition) is 0. The van der Waals surface area contributed by atoms with Crippen LogP contribution in [0.1, 0.15) is 70.3 Å². The van der Waals surface area contributed by atoms with Crippen molar-refractivity contribution in [3.63, 3.8) is 0 Å². The second-order valence-corrected chi connectivity index (χ2v) is 11.3. The van der Waals surface area contributed by atoms with E-state index >= 15 is 0 Å². The fraction of sp³-hybridized carbons (Fsp3) is 0.312. The summed E-state index contributed by atoms with van der Waals surface area (Å²) in [5, 5.41) is 0. The largest absolute Gasteiger partial charge is 1.00 e. The van der Waals surface area contributed by atoms with Gasteiger partial charge < -0.3 is 37.2 Å². The fourth-order valence-electron chi connectivity index (χ4n) is 6.07. The minimum Gasteiger partial charge on any atom is -1.00 e. The molecule has 1 aliphatic rings. The molecule has 36 heavy (non-hydrogen) atoms. The van der Waals surface area contributed by atoms with Crippen LogP contribution < -0.4 is 37.2 Å². The molecule has 0 nitrogen and oxygen atoms in total. The Morgan fingerprint density at radius 2 is 0.778 bits per heavy atom. The Labute approximate surface area is 248 Å². The van der Waals surface area contributed by atoms with Gasteiger partial charge in [0, 0.05) is 0 Å². The van der Waals surface area contributed by atoms with Gasteiger partial charge in [0.1, 0.15) is 0 Å². The van der Waals surface area contributed by atoms with E-state index in [1.54, 1.807) is 0 Å². The van der Waals surface area contributed by atoms with E-state index in [9.17, 15) is 0 Å². The van der Waals surface area contributed by atoms with Gasteiger partial charge in [0.2, 0.25) is 0 Å². The van der Waals surface area contributed by atoms with Crippen molar-refractivity contribution in [2.45, 2.75) is 67.2 Å². The van der Waals surface area contributed by atoms with Crippen LogP contribution in [0.3, 0.4) is 0 Å². The van der Waals surface area contributed by atoms with Crippen molar-refractivity contribution in [2.75, 3.05) is 0 Å². The maximum atomic E-state index is 2.42. The van der Waals surface area contributed by atoms with Crippen molar-refractivity contribution >= 4 is 0 Å². The van der Waals surface area contributed by atoms with Gasteiger partial charge in [-0.1, -0.05) is 0 Å². The zero-order chi connectivity index (χ0) is 24.1. The molecule has 0 spiro atoms. The van der Waals surface area contributed by atoms with Crippen LogP contribution in [-0.4, -0.2) is 0 Å². The minimum absolute atomic E-state index is 0. The van der Waals surface area contributed by atoms with E-state index < -0.39 is 0 Å². The average molecular weight is 574 g/mol. The third-order valence-electron chi connectivity index (χ3n) is 7.04. The van der Waals surface area contributed by atoms with Crippen LogP contribution in [0.2, 0.25) is 0 Å². The number of allylic oxidation sites excluding steroid dienone is 4. The van der Waals surface area contributed by atoms with E-state index in [1.165, 1.54) is 70.7 Å². The van der Waals surface area contributed by atoms with E-state index in [0.717, 1.165) is 6.42 Å². The Bertz CT molecular complexity index is 1150. The molecule has 0 atom stereocenters. The van der Waals surface area contributed by atoms with Crippen molar-refractivity contribution in [3.8, 4) is 0 Å². The summed E-state index contributed by atoms with van der Waals surface area (Å²) in [4.78, 5) is 0. The molecule has 0 aromatic heterocycles. The van der Waals surface area contributed by atoms with Gasteiger partial charge in [-0.3, -0.25) is 0 Å².